The Hall–Kier alpha value is -3.33. The van der Waals surface area contributed by atoms with E-state index in [9.17, 15) is 18.8 Å². The van der Waals surface area contributed by atoms with E-state index >= 15 is 0 Å². The van der Waals surface area contributed by atoms with Crippen molar-refractivity contribution in [3.8, 4) is 11.5 Å². The van der Waals surface area contributed by atoms with Crippen LogP contribution in [0.4, 0.5) is 4.39 Å². The molecule has 0 fully saturated rings. The fourth-order valence-electron chi connectivity index (χ4n) is 1.78. The molecule has 0 bridgehead atoms. The maximum atomic E-state index is 13.0. The van der Waals surface area contributed by atoms with Crippen molar-refractivity contribution in [2.24, 2.45) is 0 Å². The van der Waals surface area contributed by atoms with Crippen LogP contribution in [0.1, 0.15) is 0 Å². The molecule has 0 saturated carbocycles. The van der Waals surface area contributed by atoms with Crippen LogP contribution in [0, 0.1) is 5.82 Å². The lowest BCUT2D eigenvalue weighted by molar-refractivity contribution is -0.150. The summed E-state index contributed by atoms with van der Waals surface area (Å²) in [5.41, 5.74) is 4.16. The third-order valence-corrected chi connectivity index (χ3v) is 3.29. The Morgan fingerprint density at radius 2 is 1.50 bits per heavy atom. The zero-order valence-electron chi connectivity index (χ0n) is 14.4. The van der Waals surface area contributed by atoms with Gasteiger partial charge in [-0.3, -0.25) is 20.4 Å². The molecule has 0 aliphatic carbocycles. The van der Waals surface area contributed by atoms with Crippen LogP contribution < -0.4 is 20.3 Å². The SMILES string of the molecule is O=C(COC(=O)COc1cccc(F)c1)NNC(=O)COc1ccc(Cl)cc1. The Kier molecular flexibility index (Phi) is 8.04. The lowest BCUT2D eigenvalue weighted by Gasteiger charge is -2.09. The second kappa shape index (κ2) is 10.7. The Morgan fingerprint density at radius 1 is 0.857 bits per heavy atom. The first-order chi connectivity index (χ1) is 13.4. The molecule has 2 N–H and O–H groups in total. The van der Waals surface area contributed by atoms with Gasteiger partial charge >= 0.3 is 5.97 Å². The van der Waals surface area contributed by atoms with Gasteiger partial charge in [-0.2, -0.15) is 0 Å². The molecule has 0 unspecified atom stereocenters. The van der Waals surface area contributed by atoms with E-state index in [4.69, 9.17) is 21.1 Å². The van der Waals surface area contributed by atoms with Crippen molar-refractivity contribution in [1.82, 2.24) is 10.9 Å². The summed E-state index contributed by atoms with van der Waals surface area (Å²) in [4.78, 5) is 34.6. The van der Waals surface area contributed by atoms with Crippen LogP contribution in [-0.4, -0.2) is 37.6 Å². The van der Waals surface area contributed by atoms with E-state index in [1.165, 1.54) is 18.2 Å². The Labute approximate surface area is 164 Å². The molecule has 0 saturated heterocycles. The highest BCUT2D eigenvalue weighted by Gasteiger charge is 2.10. The van der Waals surface area contributed by atoms with Gasteiger partial charge in [0.1, 0.15) is 17.3 Å². The van der Waals surface area contributed by atoms with Gasteiger partial charge in [-0.15, -0.1) is 0 Å². The van der Waals surface area contributed by atoms with Crippen molar-refractivity contribution in [3.63, 3.8) is 0 Å². The van der Waals surface area contributed by atoms with Gasteiger partial charge in [-0.05, 0) is 36.4 Å². The van der Waals surface area contributed by atoms with Crippen LogP contribution in [0.2, 0.25) is 5.02 Å². The van der Waals surface area contributed by atoms with Gasteiger partial charge in [0.05, 0.1) is 0 Å². The number of hydrogen-bond donors (Lipinski definition) is 2. The summed E-state index contributed by atoms with van der Waals surface area (Å²) in [5, 5.41) is 0.528. The number of ether oxygens (including phenoxy) is 3. The van der Waals surface area contributed by atoms with Crippen LogP contribution in [-0.2, 0) is 19.1 Å². The molecule has 0 radical (unpaired) electrons. The molecule has 0 atom stereocenters. The molecule has 8 nitrogen and oxygen atoms in total. The first kappa shape index (κ1) is 21.0. The molecule has 10 heteroatoms. The summed E-state index contributed by atoms with van der Waals surface area (Å²) in [6.45, 7) is -1.48. The van der Waals surface area contributed by atoms with Crippen LogP contribution >= 0.6 is 11.6 Å². The average Bonchev–Trinajstić information content (AvgIpc) is 2.68. The van der Waals surface area contributed by atoms with Crippen molar-refractivity contribution in [3.05, 3.63) is 59.4 Å². The van der Waals surface area contributed by atoms with Gasteiger partial charge in [0.25, 0.3) is 11.8 Å². The minimum atomic E-state index is -0.836. The molecule has 2 aromatic carbocycles. The van der Waals surface area contributed by atoms with E-state index in [-0.39, 0.29) is 12.4 Å². The first-order valence-electron chi connectivity index (χ1n) is 7.92. The number of halogens is 2. The van der Waals surface area contributed by atoms with Gasteiger partial charge in [0, 0.05) is 11.1 Å². The number of esters is 1. The number of benzene rings is 2. The summed E-state index contributed by atoms with van der Waals surface area (Å²) in [5.74, 6) is -2.16. The molecule has 0 aromatic heterocycles. The number of rotatable bonds is 8. The summed E-state index contributed by atoms with van der Waals surface area (Å²) in [6, 6.07) is 11.6. The predicted octanol–water partition coefficient (Wildman–Crippen LogP) is 1.63. The molecule has 0 heterocycles. The lowest BCUT2D eigenvalue weighted by atomic mass is 10.3. The molecule has 2 amide bonds. The Bertz CT molecular complexity index is 831. The lowest BCUT2D eigenvalue weighted by Crippen LogP contribution is -2.45. The van der Waals surface area contributed by atoms with E-state index in [0.717, 1.165) is 6.07 Å². The van der Waals surface area contributed by atoms with E-state index in [1.54, 1.807) is 24.3 Å². The smallest absolute Gasteiger partial charge is 0.344 e. The number of nitrogens with one attached hydrogen (secondary N) is 2. The molecule has 0 aliphatic rings. The maximum absolute atomic E-state index is 13.0. The third-order valence-electron chi connectivity index (χ3n) is 3.04. The zero-order chi connectivity index (χ0) is 20.4. The van der Waals surface area contributed by atoms with Crippen molar-refractivity contribution in [1.29, 1.82) is 0 Å². The normalized spacial score (nSPS) is 9.93. The van der Waals surface area contributed by atoms with Gasteiger partial charge in [0.15, 0.2) is 19.8 Å². The van der Waals surface area contributed by atoms with Crippen molar-refractivity contribution < 1.29 is 33.0 Å². The molecular formula is C18H16ClFN2O6. The van der Waals surface area contributed by atoms with Crippen molar-refractivity contribution in [2.45, 2.75) is 0 Å². The number of carbonyl (C=O) groups is 3. The number of amides is 2. The van der Waals surface area contributed by atoms with Crippen LogP contribution in [0.25, 0.3) is 0 Å². The van der Waals surface area contributed by atoms with Crippen molar-refractivity contribution >= 4 is 29.4 Å². The van der Waals surface area contributed by atoms with E-state index < -0.39 is 36.8 Å². The molecular weight excluding hydrogens is 395 g/mol. The third kappa shape index (κ3) is 7.92. The number of carbonyl (C=O) groups excluding carboxylic acids is 3. The average molecular weight is 411 g/mol. The summed E-state index contributed by atoms with van der Waals surface area (Å²) >= 11 is 5.73. The minimum Gasteiger partial charge on any atom is -0.484 e. The first-order valence-corrected chi connectivity index (χ1v) is 8.30. The predicted molar refractivity (Wildman–Crippen MR) is 96.1 cm³/mol. The second-order valence-corrected chi connectivity index (χ2v) is 5.68. The maximum Gasteiger partial charge on any atom is 0.344 e. The van der Waals surface area contributed by atoms with Crippen LogP contribution in [0.3, 0.4) is 0 Å². The van der Waals surface area contributed by atoms with E-state index in [0.29, 0.717) is 10.8 Å². The molecule has 2 rings (SSSR count). The van der Waals surface area contributed by atoms with Crippen LogP contribution in [0.15, 0.2) is 48.5 Å². The van der Waals surface area contributed by atoms with Gasteiger partial charge < -0.3 is 14.2 Å². The quantitative estimate of drug-likeness (QED) is 0.506. The summed E-state index contributed by atoms with van der Waals surface area (Å²) in [6.07, 6.45) is 0. The van der Waals surface area contributed by atoms with Gasteiger partial charge in [0.2, 0.25) is 0 Å². The molecule has 28 heavy (non-hydrogen) atoms. The zero-order valence-corrected chi connectivity index (χ0v) is 15.2. The fourth-order valence-corrected chi connectivity index (χ4v) is 1.90. The topological polar surface area (TPSA) is 103 Å². The standard InChI is InChI=1S/C18H16ClFN2O6/c19-12-4-6-14(7-5-12)26-9-16(23)21-22-17(24)10-28-18(25)11-27-15-3-1-2-13(20)8-15/h1-8H,9-11H2,(H,21,23)(H,22,24). The highest BCUT2D eigenvalue weighted by atomic mass is 35.5. The second-order valence-electron chi connectivity index (χ2n) is 5.25. The molecule has 2 aromatic rings. The summed E-state index contributed by atoms with van der Waals surface area (Å²) in [7, 11) is 0. The van der Waals surface area contributed by atoms with Gasteiger partial charge in [-0.25, -0.2) is 9.18 Å². The van der Waals surface area contributed by atoms with Crippen molar-refractivity contribution in [2.75, 3.05) is 19.8 Å². The number of hydrazine groups is 1. The largest absolute Gasteiger partial charge is 0.484 e. The molecule has 0 spiro atoms. The van der Waals surface area contributed by atoms with E-state index in [1.807, 2.05) is 0 Å². The Morgan fingerprint density at radius 3 is 2.18 bits per heavy atom. The molecule has 0 aliphatic heterocycles. The molecule has 148 valence electrons. The summed E-state index contributed by atoms with van der Waals surface area (Å²) < 4.78 is 27.8. The van der Waals surface area contributed by atoms with Crippen LogP contribution in [0.5, 0.6) is 11.5 Å². The van der Waals surface area contributed by atoms with E-state index in [2.05, 4.69) is 15.6 Å². The highest BCUT2D eigenvalue weighted by Crippen LogP contribution is 2.15. The highest BCUT2D eigenvalue weighted by molar-refractivity contribution is 6.30. The fraction of sp³-hybridized carbons (Fsp3) is 0.167. The number of hydrogen-bond acceptors (Lipinski definition) is 6. The monoisotopic (exact) mass is 410 g/mol. The Balaban J connectivity index is 1.59. The van der Waals surface area contributed by atoms with Gasteiger partial charge in [-0.1, -0.05) is 17.7 Å². The minimum absolute atomic E-state index is 0.148.